The molecule has 2 amide bonds. The zero-order chi connectivity index (χ0) is 15.1. The molecule has 0 radical (unpaired) electrons. The summed E-state index contributed by atoms with van der Waals surface area (Å²) in [5.41, 5.74) is 2.13. The molecule has 21 heavy (non-hydrogen) atoms. The fraction of sp³-hybridized carbons (Fsp3) is 0.267. The third kappa shape index (κ3) is 4.76. The normalized spacial score (nSPS) is 10.1. The first-order valence-corrected chi connectivity index (χ1v) is 6.70. The first-order chi connectivity index (χ1) is 10.1. The van der Waals surface area contributed by atoms with Gasteiger partial charge in [-0.15, -0.1) is 0 Å². The van der Waals surface area contributed by atoms with Crippen molar-refractivity contribution in [2.45, 2.75) is 20.0 Å². The van der Waals surface area contributed by atoms with Crippen molar-refractivity contribution in [2.75, 3.05) is 6.54 Å². The number of carbonyl (C=O) groups excluding carboxylic acids is 2. The Kier molecular flexibility index (Phi) is 5.09. The summed E-state index contributed by atoms with van der Waals surface area (Å²) in [6, 6.07) is 9.75. The predicted molar refractivity (Wildman–Crippen MR) is 78.3 cm³/mol. The number of nitrogens with zero attached hydrogens (tertiary/aromatic N) is 2. The molecule has 1 heterocycles. The highest BCUT2D eigenvalue weighted by Crippen LogP contribution is 2.10. The standard InChI is InChI=1S/C15H18N4O2/c1-12(20)16-10-15(21)17-9-13-5-2-3-6-14(13)11-19-8-4-7-18-19/h2-8H,9-11H2,1H3,(H,16,20)(H,17,21). The Morgan fingerprint density at radius 1 is 1.14 bits per heavy atom. The molecule has 0 fully saturated rings. The summed E-state index contributed by atoms with van der Waals surface area (Å²) < 4.78 is 1.83. The monoisotopic (exact) mass is 286 g/mol. The Morgan fingerprint density at radius 2 is 1.90 bits per heavy atom. The fourth-order valence-electron chi connectivity index (χ4n) is 1.91. The molecule has 2 N–H and O–H groups in total. The number of rotatable bonds is 6. The van der Waals surface area contributed by atoms with E-state index in [1.165, 1.54) is 6.92 Å². The van der Waals surface area contributed by atoms with Gasteiger partial charge in [0.05, 0.1) is 13.1 Å². The second kappa shape index (κ2) is 7.23. The van der Waals surface area contributed by atoms with Crippen LogP contribution in [0.1, 0.15) is 18.1 Å². The van der Waals surface area contributed by atoms with E-state index in [1.807, 2.05) is 41.2 Å². The summed E-state index contributed by atoms with van der Waals surface area (Å²) in [5.74, 6) is -0.427. The van der Waals surface area contributed by atoms with Gasteiger partial charge in [0.25, 0.3) is 0 Å². The molecule has 0 spiro atoms. The van der Waals surface area contributed by atoms with Gasteiger partial charge in [-0.1, -0.05) is 24.3 Å². The number of benzene rings is 1. The summed E-state index contributed by atoms with van der Waals surface area (Å²) in [5, 5.41) is 9.44. The van der Waals surface area contributed by atoms with Gasteiger partial charge in [0.15, 0.2) is 0 Å². The Labute approximate surface area is 123 Å². The van der Waals surface area contributed by atoms with Gasteiger partial charge in [-0.25, -0.2) is 0 Å². The average Bonchev–Trinajstić information content (AvgIpc) is 2.97. The maximum atomic E-state index is 11.6. The number of nitrogens with one attached hydrogen (secondary N) is 2. The summed E-state index contributed by atoms with van der Waals surface area (Å²) in [6.07, 6.45) is 3.63. The maximum absolute atomic E-state index is 11.6. The maximum Gasteiger partial charge on any atom is 0.239 e. The average molecular weight is 286 g/mol. The lowest BCUT2D eigenvalue weighted by Gasteiger charge is -2.11. The van der Waals surface area contributed by atoms with Crippen LogP contribution in [0.2, 0.25) is 0 Å². The highest BCUT2D eigenvalue weighted by atomic mass is 16.2. The predicted octanol–water partition coefficient (Wildman–Crippen LogP) is 0.684. The van der Waals surface area contributed by atoms with E-state index in [0.29, 0.717) is 13.1 Å². The number of hydrogen-bond acceptors (Lipinski definition) is 3. The molecule has 0 aliphatic heterocycles. The van der Waals surface area contributed by atoms with Crippen LogP contribution >= 0.6 is 0 Å². The lowest BCUT2D eigenvalue weighted by Crippen LogP contribution is -2.35. The van der Waals surface area contributed by atoms with Crippen molar-refractivity contribution in [2.24, 2.45) is 0 Å². The van der Waals surface area contributed by atoms with Crippen molar-refractivity contribution >= 4 is 11.8 Å². The minimum atomic E-state index is -0.218. The van der Waals surface area contributed by atoms with Crippen LogP contribution in [0.4, 0.5) is 0 Å². The Balaban J connectivity index is 1.94. The topological polar surface area (TPSA) is 76.0 Å². The smallest absolute Gasteiger partial charge is 0.239 e. The molecular formula is C15H18N4O2. The molecule has 110 valence electrons. The fourth-order valence-corrected chi connectivity index (χ4v) is 1.91. The highest BCUT2D eigenvalue weighted by Gasteiger charge is 2.06. The van der Waals surface area contributed by atoms with E-state index in [2.05, 4.69) is 15.7 Å². The van der Waals surface area contributed by atoms with Crippen LogP contribution in [-0.4, -0.2) is 28.1 Å². The molecule has 2 aromatic rings. The van der Waals surface area contributed by atoms with E-state index >= 15 is 0 Å². The Morgan fingerprint density at radius 3 is 2.57 bits per heavy atom. The van der Waals surface area contributed by atoms with E-state index in [9.17, 15) is 9.59 Å². The lowest BCUT2D eigenvalue weighted by molar-refractivity contribution is -0.125. The van der Waals surface area contributed by atoms with Crippen LogP contribution in [0, 0.1) is 0 Å². The van der Waals surface area contributed by atoms with Gasteiger partial charge < -0.3 is 10.6 Å². The van der Waals surface area contributed by atoms with Gasteiger partial charge in [0.1, 0.15) is 0 Å². The van der Waals surface area contributed by atoms with Gasteiger partial charge in [-0.05, 0) is 17.2 Å². The third-order valence-corrected chi connectivity index (χ3v) is 2.98. The van der Waals surface area contributed by atoms with Crippen molar-refractivity contribution in [1.29, 1.82) is 0 Å². The van der Waals surface area contributed by atoms with Crippen LogP contribution in [0.15, 0.2) is 42.7 Å². The third-order valence-electron chi connectivity index (χ3n) is 2.98. The van der Waals surface area contributed by atoms with Crippen LogP contribution in [-0.2, 0) is 22.7 Å². The van der Waals surface area contributed by atoms with Crippen LogP contribution in [0.5, 0.6) is 0 Å². The molecule has 0 saturated carbocycles. The van der Waals surface area contributed by atoms with Gasteiger partial charge in [-0.3, -0.25) is 14.3 Å². The molecule has 2 rings (SSSR count). The molecule has 0 unspecified atom stereocenters. The van der Waals surface area contributed by atoms with Crippen LogP contribution in [0.3, 0.4) is 0 Å². The molecular weight excluding hydrogens is 268 g/mol. The first kappa shape index (κ1) is 14.8. The number of aromatic nitrogens is 2. The summed E-state index contributed by atoms with van der Waals surface area (Å²) in [4.78, 5) is 22.4. The number of amides is 2. The van der Waals surface area contributed by atoms with E-state index in [0.717, 1.165) is 11.1 Å². The summed E-state index contributed by atoms with van der Waals surface area (Å²) >= 11 is 0. The summed E-state index contributed by atoms with van der Waals surface area (Å²) in [7, 11) is 0. The van der Waals surface area contributed by atoms with Gasteiger partial charge in [0, 0.05) is 25.9 Å². The van der Waals surface area contributed by atoms with E-state index in [1.54, 1.807) is 6.20 Å². The molecule has 0 aliphatic carbocycles. The number of hydrogen-bond donors (Lipinski definition) is 2. The number of carbonyl (C=O) groups is 2. The van der Waals surface area contributed by atoms with E-state index in [4.69, 9.17) is 0 Å². The zero-order valence-corrected chi connectivity index (χ0v) is 11.9. The SMILES string of the molecule is CC(=O)NCC(=O)NCc1ccccc1Cn1cccn1. The van der Waals surface area contributed by atoms with Gasteiger partial charge >= 0.3 is 0 Å². The van der Waals surface area contributed by atoms with Crippen molar-refractivity contribution in [3.8, 4) is 0 Å². The molecule has 6 heteroatoms. The molecule has 1 aromatic heterocycles. The molecule has 1 aromatic carbocycles. The molecule has 0 saturated heterocycles. The van der Waals surface area contributed by atoms with Crippen molar-refractivity contribution < 1.29 is 9.59 Å². The van der Waals surface area contributed by atoms with Gasteiger partial charge in [-0.2, -0.15) is 5.10 Å². The quantitative estimate of drug-likeness (QED) is 0.820. The minimum Gasteiger partial charge on any atom is -0.350 e. The summed E-state index contributed by atoms with van der Waals surface area (Å²) in [6.45, 7) is 2.46. The lowest BCUT2D eigenvalue weighted by atomic mass is 10.1. The minimum absolute atomic E-state index is 0.00332. The largest absolute Gasteiger partial charge is 0.350 e. The van der Waals surface area contributed by atoms with Crippen molar-refractivity contribution in [3.63, 3.8) is 0 Å². The molecule has 0 aliphatic rings. The van der Waals surface area contributed by atoms with Gasteiger partial charge in [0.2, 0.25) is 11.8 Å². The first-order valence-electron chi connectivity index (χ1n) is 6.70. The molecule has 0 bridgehead atoms. The van der Waals surface area contributed by atoms with E-state index in [-0.39, 0.29) is 18.4 Å². The zero-order valence-electron chi connectivity index (χ0n) is 11.9. The van der Waals surface area contributed by atoms with Crippen molar-refractivity contribution in [3.05, 3.63) is 53.9 Å². The highest BCUT2D eigenvalue weighted by molar-refractivity contribution is 5.83. The Bertz CT molecular complexity index is 608. The van der Waals surface area contributed by atoms with Crippen LogP contribution < -0.4 is 10.6 Å². The second-order valence-corrected chi connectivity index (χ2v) is 4.66. The second-order valence-electron chi connectivity index (χ2n) is 4.66. The Hall–Kier alpha value is -2.63. The van der Waals surface area contributed by atoms with Crippen LogP contribution in [0.25, 0.3) is 0 Å². The van der Waals surface area contributed by atoms with Crippen molar-refractivity contribution in [1.82, 2.24) is 20.4 Å². The molecule has 0 atom stereocenters. The van der Waals surface area contributed by atoms with E-state index < -0.39 is 0 Å². The molecule has 6 nitrogen and oxygen atoms in total.